The predicted molar refractivity (Wildman–Crippen MR) is 104 cm³/mol. The fourth-order valence-electron chi connectivity index (χ4n) is 2.49. The molecule has 3 rings (SSSR count). The van der Waals surface area contributed by atoms with Crippen LogP contribution >= 0.6 is 11.8 Å². The Morgan fingerprint density at radius 2 is 2.15 bits per heavy atom. The molecule has 1 aliphatic rings. The van der Waals surface area contributed by atoms with Crippen LogP contribution in [-0.4, -0.2) is 41.1 Å². The second-order valence-corrected chi connectivity index (χ2v) is 6.71. The number of amidine groups is 1. The average molecular weight is 369 g/mol. The van der Waals surface area contributed by atoms with Gasteiger partial charge >= 0.3 is 0 Å². The van der Waals surface area contributed by atoms with Crippen LogP contribution in [0, 0.1) is 0 Å². The maximum absolute atomic E-state index is 12.7. The Morgan fingerprint density at radius 1 is 1.35 bits per heavy atom. The molecule has 1 aliphatic heterocycles. The van der Waals surface area contributed by atoms with Crippen LogP contribution in [0.3, 0.4) is 0 Å². The number of thioether (sulfide) groups is 1. The number of hydrogen-bond donors (Lipinski definition) is 0. The van der Waals surface area contributed by atoms with Crippen LogP contribution in [-0.2, 0) is 11.2 Å². The highest BCUT2D eigenvalue weighted by molar-refractivity contribution is 8.15. The van der Waals surface area contributed by atoms with Crippen LogP contribution in [0.2, 0.25) is 0 Å². The van der Waals surface area contributed by atoms with Gasteiger partial charge in [0.05, 0.1) is 24.8 Å². The number of methoxy groups -OCH3 is 1. The van der Waals surface area contributed by atoms with Crippen LogP contribution in [0.15, 0.2) is 69.9 Å². The molecule has 0 unspecified atom stereocenters. The maximum Gasteiger partial charge on any atom is 0.242 e. The summed E-state index contributed by atoms with van der Waals surface area (Å²) in [5, 5.41) is 8.56. The molecular weight excluding hydrogens is 350 g/mol. The summed E-state index contributed by atoms with van der Waals surface area (Å²) in [7, 11) is 1.63. The minimum atomic E-state index is -0.235. The van der Waals surface area contributed by atoms with Gasteiger partial charge in [-0.1, -0.05) is 30.0 Å². The van der Waals surface area contributed by atoms with E-state index in [2.05, 4.69) is 16.8 Å². The van der Waals surface area contributed by atoms with Crippen LogP contribution in [0.25, 0.3) is 0 Å². The molecule has 1 atom stereocenters. The molecule has 26 heavy (non-hydrogen) atoms. The Bertz CT molecular complexity index is 813. The number of hydrogen-bond acceptors (Lipinski definition) is 6. The van der Waals surface area contributed by atoms with Crippen molar-refractivity contribution in [3.63, 3.8) is 0 Å². The number of carbonyl (C=O) groups is 1. The van der Waals surface area contributed by atoms with E-state index in [1.54, 1.807) is 36.5 Å². The van der Waals surface area contributed by atoms with Gasteiger partial charge in [-0.25, -0.2) is 0 Å². The summed E-state index contributed by atoms with van der Waals surface area (Å²) in [5.41, 5.74) is 1.07. The zero-order valence-electron chi connectivity index (χ0n) is 14.4. The van der Waals surface area contributed by atoms with E-state index in [0.29, 0.717) is 23.9 Å². The summed E-state index contributed by atoms with van der Waals surface area (Å²) in [5.74, 6) is 1.41. The van der Waals surface area contributed by atoms with E-state index in [0.717, 1.165) is 11.3 Å². The van der Waals surface area contributed by atoms with Gasteiger partial charge < -0.3 is 9.15 Å². The van der Waals surface area contributed by atoms with Crippen LogP contribution in [0.1, 0.15) is 11.3 Å². The third-order valence-corrected chi connectivity index (χ3v) is 4.95. The van der Waals surface area contributed by atoms with E-state index in [9.17, 15) is 4.79 Å². The van der Waals surface area contributed by atoms with Gasteiger partial charge in [0.1, 0.15) is 11.5 Å². The molecule has 0 N–H and O–H groups in total. The second kappa shape index (κ2) is 8.53. The van der Waals surface area contributed by atoms with Gasteiger partial charge in [-0.05, 0) is 36.2 Å². The lowest BCUT2D eigenvalue weighted by atomic mass is 10.1. The summed E-state index contributed by atoms with van der Waals surface area (Å²) in [6.45, 7) is 4.12. The maximum atomic E-state index is 12.7. The van der Waals surface area contributed by atoms with Crippen LogP contribution < -0.4 is 4.74 Å². The molecular formula is C19H19N3O3S. The third kappa shape index (κ3) is 4.23. The Balaban J connectivity index is 1.73. The molecule has 1 aromatic heterocycles. The lowest BCUT2D eigenvalue weighted by Crippen LogP contribution is -2.32. The molecule has 6 nitrogen and oxygen atoms in total. The minimum absolute atomic E-state index is 0.0117. The van der Waals surface area contributed by atoms with E-state index in [1.807, 2.05) is 24.3 Å². The zero-order chi connectivity index (χ0) is 18.4. The predicted octanol–water partition coefficient (Wildman–Crippen LogP) is 3.35. The molecule has 2 heterocycles. The van der Waals surface area contributed by atoms with Crippen LogP contribution in [0.5, 0.6) is 5.75 Å². The fourth-order valence-corrected chi connectivity index (χ4v) is 3.63. The number of ether oxygens (including phenoxy) is 1. The number of nitrogens with zero attached hydrogens (tertiary/aromatic N) is 3. The Morgan fingerprint density at radius 3 is 2.81 bits per heavy atom. The highest BCUT2D eigenvalue weighted by Crippen LogP contribution is 2.30. The van der Waals surface area contributed by atoms with Gasteiger partial charge in [0.2, 0.25) is 5.91 Å². The SMILES string of the molecule is C=CCN1C(=O)[C@H](Cc2ccc(OC)cc2)S/C1=N\N=C/c1ccco1. The highest BCUT2D eigenvalue weighted by Gasteiger charge is 2.37. The summed E-state index contributed by atoms with van der Waals surface area (Å²) in [6, 6.07) is 11.3. The van der Waals surface area contributed by atoms with Crippen LogP contribution in [0.4, 0.5) is 0 Å². The lowest BCUT2D eigenvalue weighted by molar-refractivity contribution is -0.125. The first-order valence-corrected chi connectivity index (χ1v) is 8.95. The summed E-state index contributed by atoms with van der Waals surface area (Å²) < 4.78 is 10.3. The fraction of sp³-hybridized carbons (Fsp3) is 0.211. The number of rotatable bonds is 7. The van der Waals surface area contributed by atoms with Gasteiger partial charge in [-0.15, -0.1) is 11.7 Å². The number of amides is 1. The summed E-state index contributed by atoms with van der Waals surface area (Å²) >= 11 is 1.41. The topological polar surface area (TPSA) is 67.4 Å². The quantitative estimate of drug-likeness (QED) is 0.426. The van der Waals surface area contributed by atoms with E-state index in [-0.39, 0.29) is 11.2 Å². The molecule has 2 aromatic rings. The standard InChI is InChI=1S/C19H19N3O3S/c1-3-10-22-18(23)17(12-14-6-8-15(24-2)9-7-14)26-19(22)21-20-13-16-5-4-11-25-16/h3-9,11,13,17H,1,10,12H2,2H3/b20-13-,21-19-/t17-/m0/s1. The lowest BCUT2D eigenvalue weighted by Gasteiger charge is -2.12. The molecule has 0 aliphatic carbocycles. The van der Waals surface area contributed by atoms with E-state index >= 15 is 0 Å². The van der Waals surface area contributed by atoms with Crippen molar-refractivity contribution >= 4 is 29.1 Å². The molecule has 7 heteroatoms. The van der Waals surface area contributed by atoms with Crippen molar-refractivity contribution in [1.82, 2.24) is 4.90 Å². The zero-order valence-corrected chi connectivity index (χ0v) is 15.2. The summed E-state index contributed by atoms with van der Waals surface area (Å²) in [4.78, 5) is 14.3. The van der Waals surface area contributed by atoms with Crippen molar-refractivity contribution in [2.24, 2.45) is 10.2 Å². The molecule has 134 valence electrons. The first-order valence-electron chi connectivity index (χ1n) is 8.07. The molecule has 0 saturated carbocycles. The van der Waals surface area contributed by atoms with Crippen molar-refractivity contribution in [2.45, 2.75) is 11.7 Å². The van der Waals surface area contributed by atoms with E-state index in [4.69, 9.17) is 9.15 Å². The Hall–Kier alpha value is -2.80. The Labute approximate surface area is 156 Å². The Kier molecular flexibility index (Phi) is 5.91. The molecule has 1 aromatic carbocycles. The largest absolute Gasteiger partial charge is 0.497 e. The normalized spacial score (nSPS) is 18.8. The van der Waals surface area contributed by atoms with Crippen molar-refractivity contribution in [3.05, 3.63) is 66.6 Å². The van der Waals surface area contributed by atoms with Gasteiger partial charge in [-0.3, -0.25) is 9.69 Å². The molecule has 1 saturated heterocycles. The van der Waals surface area contributed by atoms with Gasteiger partial charge in [-0.2, -0.15) is 5.10 Å². The molecule has 0 radical (unpaired) electrons. The minimum Gasteiger partial charge on any atom is -0.497 e. The van der Waals surface area contributed by atoms with Gasteiger partial charge in [0.15, 0.2) is 5.17 Å². The molecule has 1 amide bonds. The third-order valence-electron chi connectivity index (χ3n) is 3.78. The van der Waals surface area contributed by atoms with Crippen molar-refractivity contribution in [3.8, 4) is 5.75 Å². The van der Waals surface area contributed by atoms with Crippen molar-refractivity contribution in [1.29, 1.82) is 0 Å². The first-order chi connectivity index (χ1) is 12.7. The van der Waals surface area contributed by atoms with Gasteiger partial charge in [0.25, 0.3) is 0 Å². The van der Waals surface area contributed by atoms with Crippen molar-refractivity contribution in [2.75, 3.05) is 13.7 Å². The first kappa shape index (κ1) is 18.0. The van der Waals surface area contributed by atoms with Gasteiger partial charge in [0, 0.05) is 6.54 Å². The molecule has 1 fully saturated rings. The average Bonchev–Trinajstić information content (AvgIpc) is 3.27. The summed E-state index contributed by atoms with van der Waals surface area (Å²) in [6.07, 6.45) is 5.38. The molecule has 0 bridgehead atoms. The monoisotopic (exact) mass is 369 g/mol. The highest BCUT2D eigenvalue weighted by atomic mass is 32.2. The van der Waals surface area contributed by atoms with Crippen molar-refractivity contribution < 1.29 is 13.9 Å². The number of carbonyl (C=O) groups excluding carboxylic acids is 1. The van der Waals surface area contributed by atoms with E-state index < -0.39 is 0 Å². The smallest absolute Gasteiger partial charge is 0.242 e. The molecule has 0 spiro atoms. The van der Waals surface area contributed by atoms with E-state index in [1.165, 1.54) is 18.0 Å². The number of benzene rings is 1. The second-order valence-electron chi connectivity index (χ2n) is 5.54. The number of furan rings is 1.